The van der Waals surface area contributed by atoms with Gasteiger partial charge in [0.2, 0.25) is 0 Å². The molecule has 0 saturated heterocycles. The molecule has 6 heteroatoms. The molecule has 25 heavy (non-hydrogen) atoms. The SMILES string of the molecule is O=C1c2ccccc2C(=O)N1Cc1nccnc1-c1ccc(F)cc1. The molecule has 0 radical (unpaired) electrons. The van der Waals surface area contributed by atoms with Gasteiger partial charge in [-0.05, 0) is 36.4 Å². The van der Waals surface area contributed by atoms with Crippen LogP contribution in [-0.4, -0.2) is 26.7 Å². The van der Waals surface area contributed by atoms with E-state index in [0.29, 0.717) is 28.1 Å². The molecule has 3 aromatic rings. The number of nitrogens with zero attached hydrogens (tertiary/aromatic N) is 3. The van der Waals surface area contributed by atoms with E-state index in [0.717, 1.165) is 4.90 Å². The Hall–Kier alpha value is -3.41. The van der Waals surface area contributed by atoms with Gasteiger partial charge >= 0.3 is 0 Å². The molecule has 122 valence electrons. The fourth-order valence-electron chi connectivity index (χ4n) is 2.86. The first kappa shape index (κ1) is 15.1. The largest absolute Gasteiger partial charge is 0.269 e. The molecule has 1 aliphatic rings. The third-order valence-electron chi connectivity index (χ3n) is 4.08. The predicted molar refractivity (Wildman–Crippen MR) is 88.1 cm³/mol. The van der Waals surface area contributed by atoms with Crippen LogP contribution in [-0.2, 0) is 6.54 Å². The maximum atomic E-state index is 13.2. The lowest BCUT2D eigenvalue weighted by molar-refractivity contribution is 0.0640. The zero-order valence-corrected chi connectivity index (χ0v) is 13.0. The number of carbonyl (C=O) groups is 2. The van der Waals surface area contributed by atoms with Crippen LogP contribution in [0.5, 0.6) is 0 Å². The average Bonchev–Trinajstić information content (AvgIpc) is 2.88. The number of rotatable bonds is 3. The van der Waals surface area contributed by atoms with Crippen LogP contribution in [0.1, 0.15) is 26.4 Å². The summed E-state index contributed by atoms with van der Waals surface area (Å²) in [6, 6.07) is 12.5. The van der Waals surface area contributed by atoms with Crippen molar-refractivity contribution >= 4 is 11.8 Å². The van der Waals surface area contributed by atoms with E-state index in [1.807, 2.05) is 0 Å². The third kappa shape index (κ3) is 2.57. The van der Waals surface area contributed by atoms with E-state index < -0.39 is 0 Å². The lowest BCUT2D eigenvalue weighted by atomic mass is 10.1. The van der Waals surface area contributed by atoms with Crippen molar-refractivity contribution in [2.24, 2.45) is 0 Å². The van der Waals surface area contributed by atoms with Crippen LogP contribution in [0.4, 0.5) is 4.39 Å². The topological polar surface area (TPSA) is 63.2 Å². The monoisotopic (exact) mass is 333 g/mol. The van der Waals surface area contributed by atoms with Gasteiger partial charge in [0.05, 0.1) is 29.1 Å². The average molecular weight is 333 g/mol. The second kappa shape index (κ2) is 5.90. The maximum Gasteiger partial charge on any atom is 0.261 e. The first-order valence-electron chi connectivity index (χ1n) is 7.66. The Labute approximate surface area is 142 Å². The summed E-state index contributed by atoms with van der Waals surface area (Å²) in [5.74, 6) is -1.05. The molecular formula is C19H12FN3O2. The van der Waals surface area contributed by atoms with Gasteiger partial charge in [0.15, 0.2) is 0 Å². The van der Waals surface area contributed by atoms with Crippen LogP contribution in [0.2, 0.25) is 0 Å². The van der Waals surface area contributed by atoms with E-state index in [4.69, 9.17) is 0 Å². The van der Waals surface area contributed by atoms with Gasteiger partial charge in [0, 0.05) is 18.0 Å². The molecule has 0 saturated carbocycles. The molecule has 5 nitrogen and oxygen atoms in total. The van der Waals surface area contributed by atoms with Crippen molar-refractivity contribution < 1.29 is 14.0 Å². The summed E-state index contributed by atoms with van der Waals surface area (Å²) in [5, 5.41) is 0. The number of aromatic nitrogens is 2. The fraction of sp³-hybridized carbons (Fsp3) is 0.0526. The Morgan fingerprint density at radius 2 is 1.44 bits per heavy atom. The highest BCUT2D eigenvalue weighted by Crippen LogP contribution is 2.26. The summed E-state index contributed by atoms with van der Waals surface area (Å²) >= 11 is 0. The first-order valence-corrected chi connectivity index (χ1v) is 7.66. The predicted octanol–water partition coefficient (Wildman–Crippen LogP) is 3.08. The number of benzene rings is 2. The smallest absolute Gasteiger partial charge is 0.261 e. The van der Waals surface area contributed by atoms with Gasteiger partial charge in [0.1, 0.15) is 5.82 Å². The van der Waals surface area contributed by atoms with Gasteiger partial charge in [-0.1, -0.05) is 12.1 Å². The molecule has 0 spiro atoms. The quantitative estimate of drug-likeness (QED) is 0.691. The summed E-state index contributed by atoms with van der Waals surface area (Å²) in [7, 11) is 0. The third-order valence-corrected chi connectivity index (χ3v) is 4.08. The number of fused-ring (bicyclic) bond motifs is 1. The summed E-state index contributed by atoms with van der Waals surface area (Å²) in [5.41, 5.74) is 2.43. The van der Waals surface area contributed by atoms with Crippen LogP contribution in [0.25, 0.3) is 11.3 Å². The van der Waals surface area contributed by atoms with Crippen molar-refractivity contribution in [3.63, 3.8) is 0 Å². The van der Waals surface area contributed by atoms with E-state index in [1.54, 1.807) is 36.4 Å². The van der Waals surface area contributed by atoms with Gasteiger partial charge in [-0.2, -0.15) is 0 Å². The molecule has 0 atom stereocenters. The molecule has 1 aromatic heterocycles. The number of halogens is 1. The minimum atomic E-state index is -0.352. The van der Waals surface area contributed by atoms with Gasteiger partial charge in [-0.25, -0.2) is 4.39 Å². The maximum absolute atomic E-state index is 13.2. The molecule has 4 rings (SSSR count). The summed E-state index contributed by atoms with van der Waals surface area (Å²) in [6.07, 6.45) is 3.02. The Morgan fingerprint density at radius 1 is 0.840 bits per heavy atom. The van der Waals surface area contributed by atoms with Crippen molar-refractivity contribution in [1.82, 2.24) is 14.9 Å². The molecule has 1 aliphatic heterocycles. The lowest BCUT2D eigenvalue weighted by Crippen LogP contribution is -2.29. The Kier molecular flexibility index (Phi) is 3.57. The second-order valence-corrected chi connectivity index (χ2v) is 5.60. The molecule has 0 unspecified atom stereocenters. The highest BCUT2D eigenvalue weighted by Gasteiger charge is 2.35. The molecule has 0 bridgehead atoms. The van der Waals surface area contributed by atoms with Gasteiger partial charge in [-0.3, -0.25) is 24.5 Å². The second-order valence-electron chi connectivity index (χ2n) is 5.60. The van der Waals surface area contributed by atoms with E-state index in [-0.39, 0.29) is 24.2 Å². The molecule has 2 amide bonds. The van der Waals surface area contributed by atoms with Crippen LogP contribution in [0.15, 0.2) is 60.9 Å². The minimum Gasteiger partial charge on any atom is -0.269 e. The van der Waals surface area contributed by atoms with Crippen LogP contribution in [0, 0.1) is 5.82 Å². The van der Waals surface area contributed by atoms with Crippen molar-refractivity contribution in [3.05, 3.63) is 83.6 Å². The van der Waals surface area contributed by atoms with Crippen molar-refractivity contribution in [2.45, 2.75) is 6.54 Å². The van der Waals surface area contributed by atoms with Crippen molar-refractivity contribution in [3.8, 4) is 11.3 Å². The number of hydrogen-bond acceptors (Lipinski definition) is 4. The summed E-state index contributed by atoms with van der Waals surface area (Å²) in [6.45, 7) is 0.00684. The molecule has 0 N–H and O–H groups in total. The Morgan fingerprint density at radius 3 is 2.08 bits per heavy atom. The molecular weight excluding hydrogens is 321 g/mol. The standard InChI is InChI=1S/C19H12FN3O2/c20-13-7-5-12(6-8-13)17-16(21-9-10-22-17)11-23-18(24)14-3-1-2-4-15(14)19(23)25/h1-10H,11H2. The zero-order chi connectivity index (χ0) is 17.4. The van der Waals surface area contributed by atoms with E-state index in [1.165, 1.54) is 24.5 Å². The number of amides is 2. The molecule has 0 fully saturated rings. The molecule has 0 aliphatic carbocycles. The summed E-state index contributed by atoms with van der Waals surface area (Å²) in [4.78, 5) is 34.7. The number of carbonyl (C=O) groups excluding carboxylic acids is 2. The van der Waals surface area contributed by atoms with Crippen LogP contribution < -0.4 is 0 Å². The lowest BCUT2D eigenvalue weighted by Gasteiger charge is -2.15. The summed E-state index contributed by atoms with van der Waals surface area (Å²) < 4.78 is 13.2. The Balaban J connectivity index is 1.70. The van der Waals surface area contributed by atoms with Crippen molar-refractivity contribution in [2.75, 3.05) is 0 Å². The Bertz CT molecular complexity index is 951. The highest BCUT2D eigenvalue weighted by atomic mass is 19.1. The van der Waals surface area contributed by atoms with Gasteiger partial charge < -0.3 is 0 Å². The molecule has 2 aromatic carbocycles. The van der Waals surface area contributed by atoms with E-state index in [2.05, 4.69) is 9.97 Å². The normalized spacial score (nSPS) is 13.2. The van der Waals surface area contributed by atoms with Gasteiger partial charge in [0.25, 0.3) is 11.8 Å². The highest BCUT2D eigenvalue weighted by molar-refractivity contribution is 6.21. The number of hydrogen-bond donors (Lipinski definition) is 0. The van der Waals surface area contributed by atoms with E-state index >= 15 is 0 Å². The van der Waals surface area contributed by atoms with Crippen molar-refractivity contribution in [1.29, 1.82) is 0 Å². The number of imide groups is 1. The van der Waals surface area contributed by atoms with Crippen LogP contribution >= 0.6 is 0 Å². The fourth-order valence-corrected chi connectivity index (χ4v) is 2.86. The molecule has 2 heterocycles. The van der Waals surface area contributed by atoms with Crippen LogP contribution in [0.3, 0.4) is 0 Å². The minimum absolute atomic E-state index is 0.00684. The zero-order valence-electron chi connectivity index (χ0n) is 13.0. The van der Waals surface area contributed by atoms with Gasteiger partial charge in [-0.15, -0.1) is 0 Å². The first-order chi connectivity index (χ1) is 12.1. The van der Waals surface area contributed by atoms with E-state index in [9.17, 15) is 14.0 Å².